The SMILES string of the molecule is Cc1ccc(/C(C#N)=C2C=C/C(=N/O)C(Cl)=C/2Cl)cc1. The average Bonchev–Trinajstić information content (AvgIpc) is 2.46. The highest BCUT2D eigenvalue weighted by Crippen LogP contribution is 2.34. The number of nitriles is 1. The van der Waals surface area contributed by atoms with E-state index in [2.05, 4.69) is 11.2 Å². The second-order valence-electron chi connectivity index (χ2n) is 4.21. The number of hydrogen-bond acceptors (Lipinski definition) is 3. The van der Waals surface area contributed by atoms with Crippen LogP contribution in [0.1, 0.15) is 11.1 Å². The molecule has 0 aromatic heterocycles. The maximum absolute atomic E-state index is 9.38. The van der Waals surface area contributed by atoms with Crippen LogP contribution in [0, 0.1) is 18.3 Å². The van der Waals surface area contributed by atoms with Gasteiger partial charge in [-0.05, 0) is 24.6 Å². The number of halogens is 2. The van der Waals surface area contributed by atoms with Crippen molar-refractivity contribution in [2.45, 2.75) is 6.92 Å². The molecule has 1 aliphatic carbocycles. The van der Waals surface area contributed by atoms with Crippen molar-refractivity contribution in [2.24, 2.45) is 5.16 Å². The van der Waals surface area contributed by atoms with Crippen LogP contribution in [0.25, 0.3) is 5.57 Å². The number of aryl methyl sites for hydroxylation is 1. The zero-order chi connectivity index (χ0) is 14.7. The zero-order valence-electron chi connectivity index (χ0n) is 10.6. The Morgan fingerprint density at radius 3 is 2.35 bits per heavy atom. The van der Waals surface area contributed by atoms with Gasteiger partial charge in [-0.15, -0.1) is 0 Å². The fourth-order valence-electron chi connectivity index (χ4n) is 1.81. The van der Waals surface area contributed by atoms with Crippen molar-refractivity contribution >= 4 is 34.5 Å². The van der Waals surface area contributed by atoms with Gasteiger partial charge in [0.15, 0.2) is 0 Å². The molecular formula is C15H10Cl2N2O. The Kier molecular flexibility index (Phi) is 4.29. The molecule has 0 spiro atoms. The highest BCUT2D eigenvalue weighted by molar-refractivity contribution is 6.52. The van der Waals surface area contributed by atoms with E-state index in [4.69, 9.17) is 28.4 Å². The monoisotopic (exact) mass is 304 g/mol. The van der Waals surface area contributed by atoms with Gasteiger partial charge in [0, 0.05) is 5.57 Å². The van der Waals surface area contributed by atoms with E-state index in [1.807, 2.05) is 31.2 Å². The Labute approximate surface area is 126 Å². The number of nitrogens with zero attached hydrogens (tertiary/aromatic N) is 2. The lowest BCUT2D eigenvalue weighted by Gasteiger charge is -2.12. The van der Waals surface area contributed by atoms with Crippen LogP contribution < -0.4 is 0 Å². The maximum Gasteiger partial charge on any atom is 0.122 e. The summed E-state index contributed by atoms with van der Waals surface area (Å²) in [5.41, 5.74) is 2.95. The Bertz CT molecular complexity index is 704. The summed E-state index contributed by atoms with van der Waals surface area (Å²) < 4.78 is 0. The molecule has 5 heteroatoms. The molecule has 1 aromatic carbocycles. The molecule has 100 valence electrons. The summed E-state index contributed by atoms with van der Waals surface area (Å²) in [6, 6.07) is 9.67. The van der Waals surface area contributed by atoms with E-state index in [0.717, 1.165) is 11.1 Å². The summed E-state index contributed by atoms with van der Waals surface area (Å²) in [6.07, 6.45) is 3.12. The van der Waals surface area contributed by atoms with Crippen molar-refractivity contribution in [3.05, 3.63) is 63.2 Å². The molecule has 1 aliphatic rings. The number of benzene rings is 1. The lowest BCUT2D eigenvalue weighted by Crippen LogP contribution is -2.04. The van der Waals surface area contributed by atoms with E-state index in [1.165, 1.54) is 6.08 Å². The Morgan fingerprint density at radius 2 is 1.80 bits per heavy atom. The van der Waals surface area contributed by atoms with Gasteiger partial charge >= 0.3 is 0 Å². The summed E-state index contributed by atoms with van der Waals surface area (Å²) >= 11 is 12.2. The Balaban J connectivity index is 2.61. The molecule has 0 unspecified atom stereocenters. The summed E-state index contributed by atoms with van der Waals surface area (Å²) in [4.78, 5) is 0. The van der Waals surface area contributed by atoms with Gasteiger partial charge < -0.3 is 5.21 Å². The third kappa shape index (κ3) is 2.62. The fourth-order valence-corrected chi connectivity index (χ4v) is 2.27. The number of oxime groups is 1. The van der Waals surface area contributed by atoms with Crippen LogP contribution in [0.4, 0.5) is 0 Å². The first-order valence-electron chi connectivity index (χ1n) is 5.76. The predicted molar refractivity (Wildman–Crippen MR) is 80.8 cm³/mol. The van der Waals surface area contributed by atoms with Crippen LogP contribution in [0.15, 0.2) is 57.2 Å². The van der Waals surface area contributed by atoms with Gasteiger partial charge in [0.05, 0.1) is 15.6 Å². The van der Waals surface area contributed by atoms with Crippen LogP contribution in [-0.4, -0.2) is 10.9 Å². The minimum atomic E-state index is 0.117. The molecule has 1 N–H and O–H groups in total. The van der Waals surface area contributed by atoms with Gasteiger partial charge in [0.2, 0.25) is 0 Å². The fraction of sp³-hybridized carbons (Fsp3) is 0.0667. The number of rotatable bonds is 1. The number of allylic oxidation sites excluding steroid dienone is 6. The van der Waals surface area contributed by atoms with E-state index in [0.29, 0.717) is 11.1 Å². The van der Waals surface area contributed by atoms with Crippen molar-refractivity contribution in [1.29, 1.82) is 5.26 Å². The van der Waals surface area contributed by atoms with Gasteiger partial charge in [0.1, 0.15) is 11.8 Å². The first-order chi connectivity index (χ1) is 9.58. The summed E-state index contributed by atoms with van der Waals surface area (Å²) in [6.45, 7) is 1.97. The average molecular weight is 305 g/mol. The van der Waals surface area contributed by atoms with Crippen LogP contribution >= 0.6 is 23.2 Å². The van der Waals surface area contributed by atoms with Crippen molar-refractivity contribution in [3.63, 3.8) is 0 Å². The Morgan fingerprint density at radius 1 is 1.15 bits per heavy atom. The molecule has 20 heavy (non-hydrogen) atoms. The second kappa shape index (κ2) is 5.96. The Hall–Kier alpha value is -2.02. The molecule has 0 bridgehead atoms. The third-order valence-corrected chi connectivity index (χ3v) is 3.76. The van der Waals surface area contributed by atoms with E-state index in [-0.39, 0.29) is 15.8 Å². The van der Waals surface area contributed by atoms with E-state index < -0.39 is 0 Å². The van der Waals surface area contributed by atoms with Crippen molar-refractivity contribution < 1.29 is 5.21 Å². The quantitative estimate of drug-likeness (QED) is 0.476. The van der Waals surface area contributed by atoms with Gasteiger partial charge in [-0.25, -0.2) is 0 Å². The summed E-state index contributed by atoms with van der Waals surface area (Å²) in [7, 11) is 0. The molecule has 0 aliphatic heterocycles. The molecule has 3 nitrogen and oxygen atoms in total. The molecule has 0 amide bonds. The molecule has 0 radical (unpaired) electrons. The van der Waals surface area contributed by atoms with Crippen LogP contribution in [0.2, 0.25) is 0 Å². The second-order valence-corrected chi connectivity index (χ2v) is 4.97. The maximum atomic E-state index is 9.38. The molecule has 0 heterocycles. The smallest absolute Gasteiger partial charge is 0.122 e. The number of hydrogen-bond donors (Lipinski definition) is 1. The van der Waals surface area contributed by atoms with Gasteiger partial charge in [0.25, 0.3) is 0 Å². The van der Waals surface area contributed by atoms with Gasteiger partial charge in [-0.1, -0.05) is 58.2 Å². The zero-order valence-corrected chi connectivity index (χ0v) is 12.1. The highest BCUT2D eigenvalue weighted by Gasteiger charge is 2.20. The normalized spacial score (nSPS) is 19.2. The molecule has 0 saturated heterocycles. The predicted octanol–water partition coefficient (Wildman–Crippen LogP) is 4.36. The van der Waals surface area contributed by atoms with E-state index in [9.17, 15) is 5.26 Å². The van der Waals surface area contributed by atoms with Gasteiger partial charge in [-0.2, -0.15) is 5.26 Å². The molecule has 0 fully saturated rings. The summed E-state index contributed by atoms with van der Waals surface area (Å²) in [5.74, 6) is 0. The summed E-state index contributed by atoms with van der Waals surface area (Å²) in [5, 5.41) is 21.5. The van der Waals surface area contributed by atoms with Crippen molar-refractivity contribution in [2.75, 3.05) is 0 Å². The molecule has 2 rings (SSSR count). The third-order valence-electron chi connectivity index (χ3n) is 2.89. The largest absolute Gasteiger partial charge is 0.410 e. The van der Waals surface area contributed by atoms with Crippen molar-refractivity contribution in [3.8, 4) is 6.07 Å². The minimum Gasteiger partial charge on any atom is -0.410 e. The van der Waals surface area contributed by atoms with Crippen molar-refractivity contribution in [1.82, 2.24) is 0 Å². The molecule has 0 saturated carbocycles. The van der Waals surface area contributed by atoms with E-state index >= 15 is 0 Å². The van der Waals surface area contributed by atoms with Gasteiger partial charge in [-0.3, -0.25) is 0 Å². The van der Waals surface area contributed by atoms with E-state index in [1.54, 1.807) is 6.08 Å². The minimum absolute atomic E-state index is 0.117. The first kappa shape index (κ1) is 14.4. The molecule has 0 atom stereocenters. The first-order valence-corrected chi connectivity index (χ1v) is 6.51. The molecular weight excluding hydrogens is 295 g/mol. The molecule has 1 aromatic rings. The standard InChI is InChI=1S/C15H10Cl2N2O/c1-9-2-4-10(5-3-9)12(8-18)11-6-7-13(19-20)15(17)14(11)16/h2-7,20H,1H3/b12-11-,19-13-. The highest BCUT2D eigenvalue weighted by atomic mass is 35.5. The van der Waals surface area contributed by atoms with Crippen LogP contribution in [-0.2, 0) is 0 Å². The lowest BCUT2D eigenvalue weighted by atomic mass is 9.96. The topological polar surface area (TPSA) is 56.4 Å². The lowest BCUT2D eigenvalue weighted by molar-refractivity contribution is 0.320. The van der Waals surface area contributed by atoms with Crippen LogP contribution in [0.3, 0.4) is 0 Å². The van der Waals surface area contributed by atoms with Crippen LogP contribution in [0.5, 0.6) is 0 Å².